The Morgan fingerprint density at radius 1 is 1.33 bits per heavy atom. The maximum Gasteiger partial charge on any atom is 0.239 e. The standard InChI is InChI=1S/C14H22N2O.ClH/c1-4-13(16(3)14(17)11(2)15)10-12-8-6-5-7-9-12;/h5-9,11,13H,4,10,15H2,1-3H3;1H/t11-,13?;/m0./s1. The van der Waals surface area contributed by atoms with Crippen LogP contribution in [0.3, 0.4) is 0 Å². The van der Waals surface area contributed by atoms with Crippen LogP contribution in [0.2, 0.25) is 0 Å². The van der Waals surface area contributed by atoms with E-state index in [-0.39, 0.29) is 24.4 Å². The van der Waals surface area contributed by atoms with Crippen molar-refractivity contribution in [2.24, 2.45) is 5.73 Å². The molecule has 1 aromatic rings. The van der Waals surface area contributed by atoms with Gasteiger partial charge in [-0.25, -0.2) is 0 Å². The number of nitrogens with two attached hydrogens (primary N) is 1. The highest BCUT2D eigenvalue weighted by atomic mass is 35.5. The molecule has 0 aromatic heterocycles. The number of amides is 1. The van der Waals surface area contributed by atoms with Crippen molar-refractivity contribution in [3.63, 3.8) is 0 Å². The third-order valence-electron chi connectivity index (χ3n) is 3.07. The molecule has 4 heteroatoms. The van der Waals surface area contributed by atoms with Gasteiger partial charge in [-0.3, -0.25) is 4.79 Å². The third kappa shape index (κ3) is 4.67. The first kappa shape index (κ1) is 16.9. The predicted molar refractivity (Wildman–Crippen MR) is 77.9 cm³/mol. The van der Waals surface area contributed by atoms with Crippen molar-refractivity contribution < 1.29 is 4.79 Å². The first-order chi connectivity index (χ1) is 8.06. The van der Waals surface area contributed by atoms with Gasteiger partial charge in [-0.15, -0.1) is 12.4 Å². The summed E-state index contributed by atoms with van der Waals surface area (Å²) in [6.45, 7) is 3.83. The van der Waals surface area contributed by atoms with Gasteiger partial charge in [0.2, 0.25) is 5.91 Å². The average molecular weight is 271 g/mol. The minimum atomic E-state index is -0.426. The van der Waals surface area contributed by atoms with E-state index in [9.17, 15) is 4.79 Å². The predicted octanol–water partition coefficient (Wildman–Crippen LogP) is 2.24. The van der Waals surface area contributed by atoms with Gasteiger partial charge in [-0.1, -0.05) is 37.3 Å². The van der Waals surface area contributed by atoms with Crippen molar-refractivity contribution in [1.29, 1.82) is 0 Å². The van der Waals surface area contributed by atoms with Crippen LogP contribution in [0.1, 0.15) is 25.8 Å². The van der Waals surface area contributed by atoms with Crippen LogP contribution in [-0.4, -0.2) is 29.9 Å². The molecule has 1 amide bonds. The normalized spacial score (nSPS) is 13.3. The van der Waals surface area contributed by atoms with Gasteiger partial charge in [0.05, 0.1) is 6.04 Å². The van der Waals surface area contributed by atoms with E-state index in [0.29, 0.717) is 0 Å². The van der Waals surface area contributed by atoms with Gasteiger partial charge in [0.1, 0.15) is 0 Å². The average Bonchev–Trinajstić information content (AvgIpc) is 2.35. The molecule has 2 N–H and O–H groups in total. The zero-order chi connectivity index (χ0) is 12.8. The van der Waals surface area contributed by atoms with Gasteiger partial charge >= 0.3 is 0 Å². The zero-order valence-corrected chi connectivity index (χ0v) is 12.1. The molecule has 0 saturated heterocycles. The lowest BCUT2D eigenvalue weighted by Gasteiger charge is -2.28. The number of carbonyl (C=O) groups is 1. The lowest BCUT2D eigenvalue weighted by Crippen LogP contribution is -2.45. The molecule has 0 bridgehead atoms. The Balaban J connectivity index is 0.00000289. The van der Waals surface area contributed by atoms with Crippen molar-refractivity contribution >= 4 is 18.3 Å². The second-order valence-electron chi connectivity index (χ2n) is 4.49. The summed E-state index contributed by atoms with van der Waals surface area (Å²) >= 11 is 0. The lowest BCUT2D eigenvalue weighted by molar-refractivity contribution is -0.133. The largest absolute Gasteiger partial charge is 0.341 e. The van der Waals surface area contributed by atoms with Gasteiger partial charge in [0.25, 0.3) is 0 Å². The van der Waals surface area contributed by atoms with E-state index in [1.165, 1.54) is 5.56 Å². The smallest absolute Gasteiger partial charge is 0.239 e. The molecule has 18 heavy (non-hydrogen) atoms. The fourth-order valence-corrected chi connectivity index (χ4v) is 1.94. The van der Waals surface area contributed by atoms with Crippen LogP contribution in [0.25, 0.3) is 0 Å². The van der Waals surface area contributed by atoms with Crippen molar-refractivity contribution in [3.8, 4) is 0 Å². The van der Waals surface area contributed by atoms with Crippen LogP contribution in [-0.2, 0) is 11.2 Å². The highest BCUT2D eigenvalue weighted by Crippen LogP contribution is 2.11. The molecule has 0 spiro atoms. The molecule has 1 rings (SSSR count). The fourth-order valence-electron chi connectivity index (χ4n) is 1.94. The number of carbonyl (C=O) groups excluding carboxylic acids is 1. The van der Waals surface area contributed by atoms with Gasteiger partial charge < -0.3 is 10.6 Å². The maximum atomic E-state index is 11.8. The molecule has 2 atom stereocenters. The topological polar surface area (TPSA) is 46.3 Å². The summed E-state index contributed by atoms with van der Waals surface area (Å²) in [5.74, 6) is 0.00720. The molecule has 1 unspecified atom stereocenters. The van der Waals surface area contributed by atoms with Crippen LogP contribution in [0.4, 0.5) is 0 Å². The van der Waals surface area contributed by atoms with E-state index < -0.39 is 6.04 Å². The van der Waals surface area contributed by atoms with Crippen LogP contribution in [0.5, 0.6) is 0 Å². The minimum absolute atomic E-state index is 0. The number of hydrogen-bond donors (Lipinski definition) is 1. The molecule has 0 radical (unpaired) electrons. The number of hydrogen-bond acceptors (Lipinski definition) is 2. The highest BCUT2D eigenvalue weighted by molar-refractivity contribution is 5.85. The number of likely N-dealkylation sites (N-methyl/N-ethyl adjacent to an activating group) is 1. The maximum absolute atomic E-state index is 11.8. The second-order valence-corrected chi connectivity index (χ2v) is 4.49. The Morgan fingerprint density at radius 3 is 2.33 bits per heavy atom. The lowest BCUT2D eigenvalue weighted by atomic mass is 10.0. The van der Waals surface area contributed by atoms with Crippen molar-refractivity contribution in [1.82, 2.24) is 4.90 Å². The summed E-state index contributed by atoms with van der Waals surface area (Å²) in [5, 5.41) is 0. The molecule has 0 saturated carbocycles. The zero-order valence-electron chi connectivity index (χ0n) is 11.3. The SMILES string of the molecule is CCC(Cc1ccccc1)N(C)C(=O)[C@H](C)N.Cl. The first-order valence-corrected chi connectivity index (χ1v) is 6.12. The molecule has 1 aromatic carbocycles. The molecule has 0 aliphatic carbocycles. The highest BCUT2D eigenvalue weighted by Gasteiger charge is 2.20. The summed E-state index contributed by atoms with van der Waals surface area (Å²) in [7, 11) is 1.84. The Morgan fingerprint density at radius 2 is 1.89 bits per heavy atom. The Labute approximate surface area is 116 Å². The van der Waals surface area contributed by atoms with Crippen molar-refractivity contribution in [2.75, 3.05) is 7.05 Å². The van der Waals surface area contributed by atoms with E-state index in [4.69, 9.17) is 5.73 Å². The van der Waals surface area contributed by atoms with E-state index in [0.717, 1.165) is 12.8 Å². The van der Waals surface area contributed by atoms with Gasteiger partial charge in [0.15, 0.2) is 0 Å². The summed E-state index contributed by atoms with van der Waals surface area (Å²) in [6, 6.07) is 10.0. The monoisotopic (exact) mass is 270 g/mol. The fraction of sp³-hybridized carbons (Fsp3) is 0.500. The van der Waals surface area contributed by atoms with E-state index >= 15 is 0 Å². The molecule has 0 fully saturated rings. The van der Waals surface area contributed by atoms with E-state index in [2.05, 4.69) is 19.1 Å². The first-order valence-electron chi connectivity index (χ1n) is 6.12. The van der Waals surface area contributed by atoms with Crippen LogP contribution < -0.4 is 5.73 Å². The van der Waals surface area contributed by atoms with Gasteiger partial charge in [0, 0.05) is 13.1 Å². The van der Waals surface area contributed by atoms with Crippen molar-refractivity contribution in [3.05, 3.63) is 35.9 Å². The van der Waals surface area contributed by atoms with Crippen LogP contribution in [0.15, 0.2) is 30.3 Å². The number of nitrogens with zero attached hydrogens (tertiary/aromatic N) is 1. The Hall–Kier alpha value is -1.06. The molecule has 0 aliphatic rings. The minimum Gasteiger partial charge on any atom is -0.341 e. The van der Waals surface area contributed by atoms with Crippen LogP contribution in [0, 0.1) is 0 Å². The summed E-state index contributed by atoms with van der Waals surface area (Å²) in [4.78, 5) is 13.6. The number of benzene rings is 1. The summed E-state index contributed by atoms with van der Waals surface area (Å²) < 4.78 is 0. The molecular weight excluding hydrogens is 248 g/mol. The Bertz CT molecular complexity index is 354. The van der Waals surface area contributed by atoms with Crippen molar-refractivity contribution in [2.45, 2.75) is 38.8 Å². The summed E-state index contributed by atoms with van der Waals surface area (Å²) in [6.07, 6.45) is 1.82. The molecule has 0 aliphatic heterocycles. The molecule has 3 nitrogen and oxygen atoms in total. The third-order valence-corrected chi connectivity index (χ3v) is 3.07. The second kappa shape index (κ2) is 8.11. The number of halogens is 1. The molecule has 102 valence electrons. The molecular formula is C14H23ClN2O. The van der Waals surface area contributed by atoms with E-state index in [1.54, 1.807) is 11.8 Å². The Kier molecular flexibility index (Phi) is 7.64. The van der Waals surface area contributed by atoms with Crippen LogP contribution >= 0.6 is 12.4 Å². The molecule has 0 heterocycles. The quantitative estimate of drug-likeness (QED) is 0.892. The number of rotatable bonds is 5. The van der Waals surface area contributed by atoms with Gasteiger partial charge in [-0.2, -0.15) is 0 Å². The van der Waals surface area contributed by atoms with Gasteiger partial charge in [-0.05, 0) is 25.3 Å². The van der Waals surface area contributed by atoms with E-state index in [1.807, 2.05) is 25.2 Å². The summed E-state index contributed by atoms with van der Waals surface area (Å²) in [5.41, 5.74) is 6.88.